The molecule has 27 heavy (non-hydrogen) atoms. The lowest BCUT2D eigenvalue weighted by atomic mass is 9.82. The summed E-state index contributed by atoms with van der Waals surface area (Å²) in [4.78, 5) is 46.0. The first-order valence-electron chi connectivity index (χ1n) is 8.01. The van der Waals surface area contributed by atoms with Crippen LogP contribution in [0.1, 0.15) is 37.6 Å². The average Bonchev–Trinajstić information content (AvgIpc) is 2.60. The van der Waals surface area contributed by atoms with Crippen molar-refractivity contribution in [2.24, 2.45) is 22.2 Å². The molecule has 0 heterocycles. The van der Waals surface area contributed by atoms with Crippen LogP contribution in [0.4, 0.5) is 10.5 Å². The number of hydrogen-bond acceptors (Lipinski definition) is 6. The van der Waals surface area contributed by atoms with Gasteiger partial charge in [-0.25, -0.2) is 10.2 Å². The van der Waals surface area contributed by atoms with Crippen molar-refractivity contribution in [3.05, 3.63) is 29.8 Å². The van der Waals surface area contributed by atoms with Gasteiger partial charge in [0.1, 0.15) is 12.0 Å². The Hall–Kier alpha value is -3.54. The van der Waals surface area contributed by atoms with E-state index < -0.39 is 23.3 Å². The fourth-order valence-corrected chi connectivity index (χ4v) is 2.16. The molecule has 9 heteroatoms. The van der Waals surface area contributed by atoms with E-state index in [-0.39, 0.29) is 17.9 Å². The number of nitrogens with one attached hydrogen (secondary N) is 2. The summed E-state index contributed by atoms with van der Waals surface area (Å²) in [5.74, 6) is -1.93. The molecule has 0 spiro atoms. The summed E-state index contributed by atoms with van der Waals surface area (Å²) >= 11 is 0. The molecule has 1 rings (SSSR count). The average molecular weight is 371 g/mol. The second-order valence-electron chi connectivity index (χ2n) is 6.55. The van der Waals surface area contributed by atoms with Gasteiger partial charge in [0.2, 0.25) is 0 Å². The number of ketones is 1. The molecule has 0 saturated carbocycles. The van der Waals surface area contributed by atoms with E-state index in [9.17, 15) is 24.4 Å². The number of carbonyl (C=O) groups excluding carboxylic acids is 4. The Kier molecular flexibility index (Phi) is 7.36. The molecule has 1 atom stereocenters. The minimum atomic E-state index is -1.06. The van der Waals surface area contributed by atoms with Crippen molar-refractivity contribution in [2.45, 2.75) is 27.2 Å². The van der Waals surface area contributed by atoms with Gasteiger partial charge in [-0.2, -0.15) is 10.4 Å². The number of amides is 3. The Labute approximate surface area is 156 Å². The molecule has 0 aliphatic rings. The molecule has 1 aromatic carbocycles. The van der Waals surface area contributed by atoms with E-state index in [0.717, 1.165) is 0 Å². The number of rotatable bonds is 8. The Morgan fingerprint density at radius 3 is 2.33 bits per heavy atom. The number of hydrazone groups is 1. The van der Waals surface area contributed by atoms with Crippen molar-refractivity contribution in [3.8, 4) is 6.07 Å². The van der Waals surface area contributed by atoms with Crippen LogP contribution < -0.4 is 16.5 Å². The molecule has 142 valence electrons. The van der Waals surface area contributed by atoms with E-state index in [1.165, 1.54) is 31.2 Å². The predicted octanol–water partition coefficient (Wildman–Crippen LogP) is 1.61. The number of primary amides is 1. The van der Waals surface area contributed by atoms with Gasteiger partial charge in [0.15, 0.2) is 5.78 Å². The van der Waals surface area contributed by atoms with Crippen LogP contribution >= 0.6 is 0 Å². The largest absolute Gasteiger partial charge is 0.350 e. The monoisotopic (exact) mass is 371 g/mol. The fourth-order valence-electron chi connectivity index (χ4n) is 2.16. The number of nitrogens with two attached hydrogens (primary N) is 1. The smallest absolute Gasteiger partial charge is 0.332 e. The molecule has 0 radical (unpaired) electrons. The third kappa shape index (κ3) is 6.70. The third-order valence-corrected chi connectivity index (χ3v) is 3.60. The summed E-state index contributed by atoms with van der Waals surface area (Å²) in [7, 11) is 0. The van der Waals surface area contributed by atoms with Gasteiger partial charge in [-0.1, -0.05) is 13.8 Å². The summed E-state index contributed by atoms with van der Waals surface area (Å²) < 4.78 is 0. The van der Waals surface area contributed by atoms with Crippen LogP contribution in [0, 0.1) is 22.7 Å². The maximum absolute atomic E-state index is 12.6. The highest BCUT2D eigenvalue weighted by Crippen LogP contribution is 2.24. The number of nitriles is 1. The number of carbonyl (C=O) groups is 4. The lowest BCUT2D eigenvalue weighted by Gasteiger charge is -2.21. The molecule has 9 nitrogen and oxygen atoms in total. The topological polar surface area (TPSA) is 155 Å². The van der Waals surface area contributed by atoms with Crippen molar-refractivity contribution in [3.63, 3.8) is 0 Å². The predicted molar refractivity (Wildman–Crippen MR) is 98.8 cm³/mol. The van der Waals surface area contributed by atoms with Gasteiger partial charge in [0.05, 0.1) is 12.0 Å². The summed E-state index contributed by atoms with van der Waals surface area (Å²) in [5.41, 5.74) is 6.58. The molecule has 0 aliphatic heterocycles. The second kappa shape index (κ2) is 9.24. The maximum atomic E-state index is 12.6. The fraction of sp³-hybridized carbons (Fsp3) is 0.333. The first-order chi connectivity index (χ1) is 12.6. The lowest BCUT2D eigenvalue weighted by molar-refractivity contribution is -0.115. The highest BCUT2D eigenvalue weighted by atomic mass is 16.2. The molecule has 3 amide bonds. The van der Waals surface area contributed by atoms with Crippen LogP contribution in [-0.2, 0) is 9.59 Å². The van der Waals surface area contributed by atoms with Crippen LogP contribution in [0.2, 0.25) is 0 Å². The zero-order valence-corrected chi connectivity index (χ0v) is 15.3. The molecule has 0 saturated heterocycles. The first-order valence-corrected chi connectivity index (χ1v) is 8.01. The number of anilines is 1. The minimum absolute atomic E-state index is 0.0168. The highest BCUT2D eigenvalue weighted by molar-refractivity contribution is 6.44. The van der Waals surface area contributed by atoms with E-state index in [4.69, 9.17) is 5.73 Å². The van der Waals surface area contributed by atoms with Crippen LogP contribution in [-0.4, -0.2) is 29.7 Å². The number of aldehydes is 1. The van der Waals surface area contributed by atoms with Gasteiger partial charge in [-0.05, 0) is 37.6 Å². The van der Waals surface area contributed by atoms with Crippen LogP contribution in [0.25, 0.3) is 0 Å². The van der Waals surface area contributed by atoms with Crippen molar-refractivity contribution < 1.29 is 19.2 Å². The zero-order chi connectivity index (χ0) is 20.6. The van der Waals surface area contributed by atoms with E-state index in [2.05, 4.69) is 10.4 Å². The van der Waals surface area contributed by atoms with E-state index in [1.54, 1.807) is 13.8 Å². The third-order valence-electron chi connectivity index (χ3n) is 3.60. The molecule has 4 N–H and O–H groups in total. The normalized spacial score (nSPS) is 12.4. The summed E-state index contributed by atoms with van der Waals surface area (Å²) in [6.45, 7) is 4.64. The second-order valence-corrected chi connectivity index (χ2v) is 6.55. The minimum Gasteiger partial charge on any atom is -0.350 e. The number of hydrogen-bond donors (Lipinski definition) is 3. The Morgan fingerprint density at radius 1 is 1.30 bits per heavy atom. The molecular weight excluding hydrogens is 350 g/mol. The SMILES string of the molecule is CC(=O)c1ccc(NC(=O)/C(=N\NC(N)=O)C(C#N)CC(C)(C)C=O)cc1. The zero-order valence-electron chi connectivity index (χ0n) is 15.3. The summed E-state index contributed by atoms with van der Waals surface area (Å²) in [6.07, 6.45) is 0.692. The highest BCUT2D eigenvalue weighted by Gasteiger charge is 2.30. The Bertz CT molecular complexity index is 806. The molecule has 1 unspecified atom stereocenters. The van der Waals surface area contributed by atoms with Crippen molar-refractivity contribution in [1.82, 2.24) is 5.43 Å². The Balaban J connectivity index is 3.11. The molecule has 0 fully saturated rings. The maximum Gasteiger partial charge on any atom is 0.332 e. The Morgan fingerprint density at radius 2 is 1.89 bits per heavy atom. The van der Waals surface area contributed by atoms with Gasteiger partial charge in [-0.15, -0.1) is 0 Å². The van der Waals surface area contributed by atoms with Crippen molar-refractivity contribution in [2.75, 3.05) is 5.32 Å². The molecule has 0 aromatic heterocycles. The summed E-state index contributed by atoms with van der Waals surface area (Å²) in [6, 6.07) is 7.02. The van der Waals surface area contributed by atoms with E-state index in [0.29, 0.717) is 17.5 Å². The van der Waals surface area contributed by atoms with Crippen LogP contribution in [0.15, 0.2) is 29.4 Å². The van der Waals surface area contributed by atoms with Gasteiger partial charge < -0.3 is 15.8 Å². The standard InChI is InChI=1S/C18H21N5O4/c1-11(25)12-4-6-14(7-5-12)21-16(26)15(22-23-17(20)27)13(9-19)8-18(2,3)10-24/h4-7,10,13H,8H2,1-3H3,(H,21,26)(H3,20,23,27)/b22-15-. The molecule has 0 bridgehead atoms. The lowest BCUT2D eigenvalue weighted by Crippen LogP contribution is -2.36. The quantitative estimate of drug-likeness (QED) is 0.274. The van der Waals surface area contributed by atoms with E-state index >= 15 is 0 Å². The molecule has 0 aliphatic carbocycles. The molecular formula is C18H21N5O4. The van der Waals surface area contributed by atoms with Gasteiger partial charge in [0.25, 0.3) is 5.91 Å². The van der Waals surface area contributed by atoms with Gasteiger partial charge >= 0.3 is 6.03 Å². The number of Topliss-reactive ketones (excluding diaryl/α,β-unsaturated/α-hetero) is 1. The number of nitrogens with zero attached hydrogens (tertiary/aromatic N) is 2. The first kappa shape index (κ1) is 21.5. The van der Waals surface area contributed by atoms with E-state index in [1.807, 2.05) is 11.5 Å². The van der Waals surface area contributed by atoms with Crippen molar-refractivity contribution in [1.29, 1.82) is 5.26 Å². The van der Waals surface area contributed by atoms with Gasteiger partial charge in [0, 0.05) is 16.7 Å². The number of urea groups is 1. The van der Waals surface area contributed by atoms with Gasteiger partial charge in [-0.3, -0.25) is 9.59 Å². The number of benzene rings is 1. The summed E-state index contributed by atoms with van der Waals surface area (Å²) in [5, 5.41) is 15.6. The van der Waals surface area contributed by atoms with Crippen molar-refractivity contribution >= 4 is 35.4 Å². The van der Waals surface area contributed by atoms with Crippen LogP contribution in [0.5, 0.6) is 0 Å². The van der Waals surface area contributed by atoms with Crippen LogP contribution in [0.3, 0.4) is 0 Å². The molecule has 1 aromatic rings.